The average Bonchev–Trinajstić information content (AvgIpc) is 2.49. The number of nitrogens with two attached hydrogens (primary N) is 1. The van der Waals surface area contributed by atoms with Crippen molar-refractivity contribution in [2.75, 3.05) is 0 Å². The number of benzene rings is 1. The van der Waals surface area contributed by atoms with Crippen LogP contribution in [0.5, 0.6) is 0 Å². The molecule has 1 atom stereocenters. The summed E-state index contributed by atoms with van der Waals surface area (Å²) >= 11 is 0. The van der Waals surface area contributed by atoms with Crippen LogP contribution in [0, 0.1) is 0 Å². The predicted octanol–water partition coefficient (Wildman–Crippen LogP) is 1.85. The van der Waals surface area contributed by atoms with Crippen LogP contribution in [-0.2, 0) is 0 Å². The van der Waals surface area contributed by atoms with Gasteiger partial charge in [0, 0.05) is 11.4 Å². The molecule has 1 aromatic carbocycles. The molecule has 1 heterocycles. The second-order valence-electron chi connectivity index (χ2n) is 2.87. The van der Waals surface area contributed by atoms with E-state index in [0.717, 1.165) is 16.5 Å². The van der Waals surface area contributed by atoms with Crippen molar-refractivity contribution in [3.63, 3.8) is 0 Å². The van der Waals surface area contributed by atoms with E-state index in [1.54, 1.807) is 6.20 Å². The van der Waals surface area contributed by atoms with Crippen molar-refractivity contribution in [2.24, 2.45) is 5.73 Å². The van der Waals surface area contributed by atoms with E-state index in [9.17, 15) is 0 Å². The Morgan fingerprint density at radius 2 is 2.33 bits per heavy atom. The van der Waals surface area contributed by atoms with Crippen molar-refractivity contribution < 1.29 is 4.52 Å². The second-order valence-corrected chi connectivity index (χ2v) is 2.87. The summed E-state index contributed by atoms with van der Waals surface area (Å²) in [5.74, 6) is 0. The van der Waals surface area contributed by atoms with E-state index in [4.69, 9.17) is 10.3 Å². The van der Waals surface area contributed by atoms with Gasteiger partial charge in [-0.05, 0) is 18.6 Å². The van der Waals surface area contributed by atoms with E-state index in [-0.39, 0.29) is 6.04 Å². The molecule has 3 heteroatoms. The van der Waals surface area contributed by atoms with Gasteiger partial charge < -0.3 is 10.3 Å². The van der Waals surface area contributed by atoms with Gasteiger partial charge in [-0.1, -0.05) is 17.3 Å². The molecule has 3 nitrogen and oxygen atoms in total. The van der Waals surface area contributed by atoms with Crippen LogP contribution in [-0.4, -0.2) is 5.16 Å². The van der Waals surface area contributed by atoms with E-state index in [1.165, 1.54) is 0 Å². The molecule has 62 valence electrons. The van der Waals surface area contributed by atoms with Gasteiger partial charge in [0.15, 0.2) is 5.58 Å². The van der Waals surface area contributed by atoms with Crippen molar-refractivity contribution in [2.45, 2.75) is 13.0 Å². The summed E-state index contributed by atoms with van der Waals surface area (Å²) in [6.45, 7) is 1.95. The van der Waals surface area contributed by atoms with Crippen molar-refractivity contribution in [1.29, 1.82) is 0 Å². The van der Waals surface area contributed by atoms with Crippen LogP contribution in [0.2, 0.25) is 0 Å². The highest BCUT2D eigenvalue weighted by atomic mass is 16.5. The van der Waals surface area contributed by atoms with Gasteiger partial charge in [0.25, 0.3) is 0 Å². The molecule has 0 saturated carbocycles. The number of rotatable bonds is 1. The average molecular weight is 162 g/mol. The Bertz CT molecular complexity index is 392. The molecule has 2 N–H and O–H groups in total. The van der Waals surface area contributed by atoms with Gasteiger partial charge in [0.1, 0.15) is 0 Å². The van der Waals surface area contributed by atoms with Gasteiger partial charge in [-0.15, -0.1) is 0 Å². The molecule has 1 unspecified atom stereocenters. The van der Waals surface area contributed by atoms with Crippen LogP contribution in [0.1, 0.15) is 18.5 Å². The first kappa shape index (κ1) is 7.31. The number of nitrogens with zero attached hydrogens (tertiary/aromatic N) is 1. The minimum atomic E-state index is 0.0214. The number of hydrogen-bond acceptors (Lipinski definition) is 3. The van der Waals surface area contributed by atoms with Gasteiger partial charge in [0.05, 0.1) is 6.20 Å². The summed E-state index contributed by atoms with van der Waals surface area (Å²) < 4.78 is 5.00. The summed E-state index contributed by atoms with van der Waals surface area (Å²) in [4.78, 5) is 0. The van der Waals surface area contributed by atoms with E-state index in [1.807, 2.05) is 25.1 Å². The van der Waals surface area contributed by atoms with Gasteiger partial charge in [-0.25, -0.2) is 0 Å². The third-order valence-electron chi connectivity index (χ3n) is 1.92. The molecular weight excluding hydrogens is 152 g/mol. The molecule has 0 fully saturated rings. The lowest BCUT2D eigenvalue weighted by atomic mass is 10.1. The quantitative estimate of drug-likeness (QED) is 0.696. The first-order valence-corrected chi connectivity index (χ1v) is 3.88. The molecule has 1 aromatic heterocycles. The summed E-state index contributed by atoms with van der Waals surface area (Å²) in [7, 11) is 0. The second kappa shape index (κ2) is 2.60. The molecule has 0 aliphatic carbocycles. The Labute approximate surface area is 70.1 Å². The summed E-state index contributed by atoms with van der Waals surface area (Å²) in [5.41, 5.74) is 7.64. The summed E-state index contributed by atoms with van der Waals surface area (Å²) in [6, 6.07) is 5.82. The Kier molecular flexibility index (Phi) is 1.59. The fourth-order valence-corrected chi connectivity index (χ4v) is 1.31. The third kappa shape index (κ3) is 0.987. The molecule has 2 aromatic rings. The first-order valence-electron chi connectivity index (χ1n) is 3.88. The zero-order valence-corrected chi connectivity index (χ0v) is 6.82. The number of aromatic nitrogens is 1. The van der Waals surface area contributed by atoms with Crippen molar-refractivity contribution in [3.8, 4) is 0 Å². The third-order valence-corrected chi connectivity index (χ3v) is 1.92. The monoisotopic (exact) mass is 162 g/mol. The maximum atomic E-state index is 5.77. The summed E-state index contributed by atoms with van der Waals surface area (Å²) in [6.07, 6.45) is 1.70. The lowest BCUT2D eigenvalue weighted by molar-refractivity contribution is 0.456. The van der Waals surface area contributed by atoms with Gasteiger partial charge in [-0.2, -0.15) is 0 Å². The maximum Gasteiger partial charge on any atom is 0.167 e. The molecule has 0 aliphatic heterocycles. The standard InChI is InChI=1S/C9H10N2O/c1-6(10)7-3-2-4-9-8(7)5-11-12-9/h2-6H,10H2,1H3. The molecule has 0 saturated heterocycles. The molecule has 0 spiro atoms. The molecule has 0 bridgehead atoms. The highest BCUT2D eigenvalue weighted by molar-refractivity contribution is 5.80. The fourth-order valence-electron chi connectivity index (χ4n) is 1.31. The zero-order chi connectivity index (χ0) is 8.55. The van der Waals surface area contributed by atoms with Crippen LogP contribution in [0.3, 0.4) is 0 Å². The Balaban J connectivity index is 2.73. The number of fused-ring (bicyclic) bond motifs is 1. The SMILES string of the molecule is CC(N)c1cccc2oncc12. The molecule has 12 heavy (non-hydrogen) atoms. The largest absolute Gasteiger partial charge is 0.356 e. The van der Waals surface area contributed by atoms with Crippen LogP contribution in [0.4, 0.5) is 0 Å². The van der Waals surface area contributed by atoms with E-state index in [0.29, 0.717) is 0 Å². The lowest BCUT2D eigenvalue weighted by Gasteiger charge is -2.04. The molecule has 0 radical (unpaired) electrons. The van der Waals surface area contributed by atoms with Crippen molar-refractivity contribution in [1.82, 2.24) is 5.16 Å². The van der Waals surface area contributed by atoms with Crippen molar-refractivity contribution in [3.05, 3.63) is 30.0 Å². The van der Waals surface area contributed by atoms with E-state index >= 15 is 0 Å². The van der Waals surface area contributed by atoms with Crippen molar-refractivity contribution >= 4 is 11.0 Å². The zero-order valence-electron chi connectivity index (χ0n) is 6.82. The normalized spacial score (nSPS) is 13.5. The van der Waals surface area contributed by atoms with E-state index in [2.05, 4.69) is 5.16 Å². The van der Waals surface area contributed by atoms with Crippen LogP contribution in [0.15, 0.2) is 28.9 Å². The Morgan fingerprint density at radius 1 is 1.50 bits per heavy atom. The minimum Gasteiger partial charge on any atom is -0.356 e. The smallest absolute Gasteiger partial charge is 0.167 e. The Morgan fingerprint density at radius 3 is 3.08 bits per heavy atom. The summed E-state index contributed by atoms with van der Waals surface area (Å²) in [5, 5.41) is 4.72. The minimum absolute atomic E-state index is 0.0214. The highest BCUT2D eigenvalue weighted by Gasteiger charge is 2.06. The first-order chi connectivity index (χ1) is 5.79. The van der Waals surface area contributed by atoms with Crippen LogP contribution < -0.4 is 5.73 Å². The highest BCUT2D eigenvalue weighted by Crippen LogP contribution is 2.21. The van der Waals surface area contributed by atoms with Crippen LogP contribution >= 0.6 is 0 Å². The predicted molar refractivity (Wildman–Crippen MR) is 46.6 cm³/mol. The number of hydrogen-bond donors (Lipinski definition) is 1. The molecular formula is C9H10N2O. The molecule has 2 rings (SSSR count). The molecule has 0 aliphatic rings. The Hall–Kier alpha value is -1.35. The van der Waals surface area contributed by atoms with Gasteiger partial charge in [-0.3, -0.25) is 0 Å². The lowest BCUT2D eigenvalue weighted by Crippen LogP contribution is -2.04. The molecule has 0 amide bonds. The van der Waals surface area contributed by atoms with Gasteiger partial charge in [0.2, 0.25) is 0 Å². The topological polar surface area (TPSA) is 52.0 Å². The van der Waals surface area contributed by atoms with Crippen LogP contribution in [0.25, 0.3) is 11.0 Å². The fraction of sp³-hybridized carbons (Fsp3) is 0.222. The van der Waals surface area contributed by atoms with Gasteiger partial charge >= 0.3 is 0 Å². The maximum absolute atomic E-state index is 5.77. The van der Waals surface area contributed by atoms with E-state index < -0.39 is 0 Å².